The van der Waals surface area contributed by atoms with E-state index < -0.39 is 0 Å². The van der Waals surface area contributed by atoms with Gasteiger partial charge in [-0.3, -0.25) is 0 Å². The number of piperidine rings is 1. The number of hydrogen-bond donors (Lipinski definition) is 1. The molecule has 52 valence electrons. The van der Waals surface area contributed by atoms with Gasteiger partial charge in [0, 0.05) is 6.54 Å². The van der Waals surface area contributed by atoms with Crippen molar-refractivity contribution in [1.29, 1.82) is 0 Å². The van der Waals surface area contributed by atoms with Crippen molar-refractivity contribution in [3.05, 3.63) is 12.2 Å². The largest absolute Gasteiger partial charge is 0.316 e. The van der Waals surface area contributed by atoms with E-state index in [0.29, 0.717) is 0 Å². The van der Waals surface area contributed by atoms with E-state index >= 15 is 0 Å². The van der Waals surface area contributed by atoms with Gasteiger partial charge in [-0.25, -0.2) is 0 Å². The Kier molecular flexibility index (Phi) is 2.78. The van der Waals surface area contributed by atoms with Crippen LogP contribution in [0.3, 0.4) is 0 Å². The van der Waals surface area contributed by atoms with Crippen molar-refractivity contribution in [2.45, 2.75) is 19.8 Å². The van der Waals surface area contributed by atoms with Crippen molar-refractivity contribution in [3.63, 3.8) is 0 Å². The third-order valence-electron chi connectivity index (χ3n) is 1.80. The molecule has 1 saturated heterocycles. The molecule has 0 aromatic rings. The monoisotopic (exact) mass is 125 g/mol. The molecule has 1 heteroatoms. The van der Waals surface area contributed by atoms with Gasteiger partial charge in [-0.15, -0.1) is 0 Å². The van der Waals surface area contributed by atoms with Crippen LogP contribution in [0.1, 0.15) is 19.8 Å². The summed E-state index contributed by atoms with van der Waals surface area (Å²) in [4.78, 5) is 0. The number of rotatable bonds is 1. The molecule has 0 amide bonds. The van der Waals surface area contributed by atoms with Crippen molar-refractivity contribution < 1.29 is 0 Å². The average molecular weight is 125 g/mol. The highest BCUT2D eigenvalue weighted by atomic mass is 14.9. The molecule has 1 atom stereocenters. The molecule has 1 aliphatic heterocycles. The second-order valence-corrected chi connectivity index (χ2v) is 2.63. The van der Waals surface area contributed by atoms with Crippen molar-refractivity contribution >= 4 is 0 Å². The number of allylic oxidation sites excluding steroid dienone is 1. The van der Waals surface area contributed by atoms with Crippen LogP contribution in [0.2, 0.25) is 0 Å². The Bertz CT molecular complexity index is 90.7. The summed E-state index contributed by atoms with van der Waals surface area (Å²) < 4.78 is 0. The molecule has 0 aromatic carbocycles. The van der Waals surface area contributed by atoms with Crippen LogP contribution in [0.25, 0.3) is 0 Å². The Morgan fingerprint density at radius 3 is 3.00 bits per heavy atom. The summed E-state index contributed by atoms with van der Waals surface area (Å²) >= 11 is 0. The Balaban J connectivity index is 2.23. The lowest BCUT2D eigenvalue weighted by molar-refractivity contribution is 0.438. The van der Waals surface area contributed by atoms with Crippen LogP contribution in [0, 0.1) is 5.92 Å². The van der Waals surface area contributed by atoms with Crippen LogP contribution in [0.15, 0.2) is 12.2 Å². The molecule has 1 heterocycles. The predicted octanol–water partition coefficient (Wildman–Crippen LogP) is 1.56. The second-order valence-electron chi connectivity index (χ2n) is 2.63. The highest BCUT2D eigenvalue weighted by molar-refractivity contribution is 4.88. The molecule has 0 radical (unpaired) electrons. The molecule has 1 nitrogen and oxygen atoms in total. The molecule has 1 rings (SSSR count). The van der Waals surface area contributed by atoms with E-state index in [9.17, 15) is 0 Å². The molecule has 1 unspecified atom stereocenters. The fourth-order valence-electron chi connectivity index (χ4n) is 1.32. The summed E-state index contributed by atoms with van der Waals surface area (Å²) in [6.45, 7) is 4.49. The summed E-state index contributed by atoms with van der Waals surface area (Å²) in [5, 5.41) is 3.37. The molecule has 0 saturated carbocycles. The first-order valence-corrected chi connectivity index (χ1v) is 3.77. The highest BCUT2D eigenvalue weighted by Gasteiger charge is 2.07. The van der Waals surface area contributed by atoms with Crippen LogP contribution < -0.4 is 5.32 Å². The van der Waals surface area contributed by atoms with Crippen molar-refractivity contribution in [1.82, 2.24) is 5.32 Å². The van der Waals surface area contributed by atoms with Crippen LogP contribution >= 0.6 is 0 Å². The molecule has 1 fully saturated rings. The summed E-state index contributed by atoms with van der Waals surface area (Å²) in [6.07, 6.45) is 7.16. The quantitative estimate of drug-likeness (QED) is 0.524. The van der Waals surface area contributed by atoms with Gasteiger partial charge in [0.15, 0.2) is 0 Å². The molecular formula is C8H15N. The van der Waals surface area contributed by atoms with E-state index in [1.165, 1.54) is 25.9 Å². The standard InChI is InChI=1S/C8H15N/c1-2-4-8-5-3-6-9-7-8/h2,4,8-9H,3,5-7H2,1H3. The third-order valence-corrected chi connectivity index (χ3v) is 1.80. The van der Waals surface area contributed by atoms with Crippen molar-refractivity contribution in [2.24, 2.45) is 5.92 Å². The molecule has 0 spiro atoms. The number of nitrogens with one attached hydrogen (secondary N) is 1. The van der Waals surface area contributed by atoms with E-state index in [1.807, 2.05) is 0 Å². The number of hydrogen-bond acceptors (Lipinski definition) is 1. The Morgan fingerprint density at radius 1 is 1.56 bits per heavy atom. The third kappa shape index (κ3) is 2.19. The SMILES string of the molecule is CC=CC1CCCNC1. The summed E-state index contributed by atoms with van der Waals surface area (Å²) in [6, 6.07) is 0. The van der Waals surface area contributed by atoms with Gasteiger partial charge < -0.3 is 5.32 Å². The minimum Gasteiger partial charge on any atom is -0.316 e. The maximum Gasteiger partial charge on any atom is 0.00142 e. The smallest absolute Gasteiger partial charge is 0.00142 e. The van der Waals surface area contributed by atoms with E-state index in [4.69, 9.17) is 0 Å². The van der Waals surface area contributed by atoms with Gasteiger partial charge in [0.25, 0.3) is 0 Å². The molecule has 0 bridgehead atoms. The Hall–Kier alpha value is -0.300. The van der Waals surface area contributed by atoms with Gasteiger partial charge in [0.05, 0.1) is 0 Å². The first kappa shape index (κ1) is 6.81. The molecule has 9 heavy (non-hydrogen) atoms. The molecule has 0 aromatic heterocycles. The predicted molar refractivity (Wildman–Crippen MR) is 40.4 cm³/mol. The summed E-state index contributed by atoms with van der Waals surface area (Å²) in [5.74, 6) is 0.809. The van der Waals surface area contributed by atoms with Gasteiger partial charge in [0.1, 0.15) is 0 Å². The zero-order chi connectivity index (χ0) is 6.53. The van der Waals surface area contributed by atoms with Gasteiger partial charge in [-0.2, -0.15) is 0 Å². The molecule has 1 N–H and O–H groups in total. The maximum atomic E-state index is 3.37. The average Bonchev–Trinajstić information content (AvgIpc) is 1.91. The minimum atomic E-state index is 0.809. The highest BCUT2D eigenvalue weighted by Crippen LogP contribution is 2.10. The molecule has 1 aliphatic rings. The topological polar surface area (TPSA) is 12.0 Å². The summed E-state index contributed by atoms with van der Waals surface area (Å²) in [7, 11) is 0. The normalized spacial score (nSPS) is 29.2. The van der Waals surface area contributed by atoms with Crippen LogP contribution in [0.5, 0.6) is 0 Å². The minimum absolute atomic E-state index is 0.809. The maximum absolute atomic E-state index is 3.37. The van der Waals surface area contributed by atoms with Gasteiger partial charge in [-0.05, 0) is 32.2 Å². The van der Waals surface area contributed by atoms with E-state index in [2.05, 4.69) is 24.4 Å². The zero-order valence-corrected chi connectivity index (χ0v) is 6.06. The van der Waals surface area contributed by atoms with Gasteiger partial charge >= 0.3 is 0 Å². The Morgan fingerprint density at radius 2 is 2.44 bits per heavy atom. The lowest BCUT2D eigenvalue weighted by Crippen LogP contribution is -2.28. The fourth-order valence-corrected chi connectivity index (χ4v) is 1.32. The fraction of sp³-hybridized carbons (Fsp3) is 0.750. The molecule has 0 aliphatic carbocycles. The van der Waals surface area contributed by atoms with E-state index in [1.54, 1.807) is 0 Å². The van der Waals surface area contributed by atoms with Crippen molar-refractivity contribution in [3.8, 4) is 0 Å². The molecular weight excluding hydrogens is 110 g/mol. The van der Waals surface area contributed by atoms with Gasteiger partial charge in [-0.1, -0.05) is 12.2 Å². The van der Waals surface area contributed by atoms with Gasteiger partial charge in [0.2, 0.25) is 0 Å². The van der Waals surface area contributed by atoms with Crippen LogP contribution in [-0.4, -0.2) is 13.1 Å². The van der Waals surface area contributed by atoms with Crippen LogP contribution in [0.4, 0.5) is 0 Å². The summed E-state index contributed by atoms with van der Waals surface area (Å²) in [5.41, 5.74) is 0. The van der Waals surface area contributed by atoms with E-state index in [-0.39, 0.29) is 0 Å². The van der Waals surface area contributed by atoms with Crippen LogP contribution in [-0.2, 0) is 0 Å². The van der Waals surface area contributed by atoms with E-state index in [0.717, 1.165) is 5.92 Å². The first-order valence-electron chi connectivity index (χ1n) is 3.77. The Labute approximate surface area is 57.1 Å². The first-order chi connectivity index (χ1) is 4.43. The lowest BCUT2D eigenvalue weighted by atomic mass is 9.99. The zero-order valence-electron chi connectivity index (χ0n) is 6.06. The second kappa shape index (κ2) is 3.67. The van der Waals surface area contributed by atoms with Crippen molar-refractivity contribution in [2.75, 3.05) is 13.1 Å². The lowest BCUT2D eigenvalue weighted by Gasteiger charge is -2.18.